The molecule has 3 heteroatoms. The van der Waals surface area contributed by atoms with Gasteiger partial charge in [-0.3, -0.25) is 0 Å². The van der Waals surface area contributed by atoms with E-state index >= 15 is 0 Å². The average Bonchev–Trinajstić information content (AvgIpc) is 2.68. The first-order chi connectivity index (χ1) is 8.23. The minimum absolute atomic E-state index is 0.129. The molecule has 0 saturated heterocycles. The smallest absolute Gasteiger partial charge is 0.165 e. The SMILES string of the molecule is COc1ccc(C(N)C2C(C)(C)C2(C)C)cc1F. The molecule has 1 saturated carbocycles. The summed E-state index contributed by atoms with van der Waals surface area (Å²) in [6.07, 6.45) is 0. The summed E-state index contributed by atoms with van der Waals surface area (Å²) in [5, 5.41) is 0. The third-order valence-electron chi connectivity index (χ3n) is 5.05. The van der Waals surface area contributed by atoms with E-state index in [0.717, 1.165) is 5.56 Å². The number of halogens is 1. The van der Waals surface area contributed by atoms with Gasteiger partial charge in [-0.15, -0.1) is 0 Å². The average molecular weight is 251 g/mol. The van der Waals surface area contributed by atoms with Crippen LogP contribution in [0, 0.1) is 22.6 Å². The first-order valence-corrected chi connectivity index (χ1v) is 6.32. The van der Waals surface area contributed by atoms with Crippen LogP contribution in [0.2, 0.25) is 0 Å². The molecule has 0 radical (unpaired) electrons. The fourth-order valence-electron chi connectivity index (χ4n) is 3.23. The molecule has 1 aliphatic rings. The predicted molar refractivity (Wildman–Crippen MR) is 70.9 cm³/mol. The molecular formula is C15H22FNO. The Morgan fingerprint density at radius 3 is 2.17 bits per heavy atom. The second-order valence-electron chi connectivity index (χ2n) is 6.34. The number of nitrogens with two attached hydrogens (primary N) is 1. The zero-order chi connectivity index (χ0) is 13.7. The highest BCUT2D eigenvalue weighted by Crippen LogP contribution is 2.71. The van der Waals surface area contributed by atoms with Gasteiger partial charge in [-0.2, -0.15) is 0 Å². The Morgan fingerprint density at radius 2 is 1.78 bits per heavy atom. The summed E-state index contributed by atoms with van der Waals surface area (Å²) >= 11 is 0. The first kappa shape index (κ1) is 13.3. The molecular weight excluding hydrogens is 229 g/mol. The van der Waals surface area contributed by atoms with Crippen molar-refractivity contribution in [2.24, 2.45) is 22.5 Å². The van der Waals surface area contributed by atoms with Gasteiger partial charge in [-0.25, -0.2) is 4.39 Å². The van der Waals surface area contributed by atoms with Gasteiger partial charge in [0, 0.05) is 6.04 Å². The molecule has 2 nitrogen and oxygen atoms in total. The van der Waals surface area contributed by atoms with Crippen molar-refractivity contribution in [2.75, 3.05) is 7.11 Å². The van der Waals surface area contributed by atoms with Crippen molar-refractivity contribution in [3.8, 4) is 5.75 Å². The molecule has 0 spiro atoms. The van der Waals surface area contributed by atoms with E-state index in [1.54, 1.807) is 6.07 Å². The summed E-state index contributed by atoms with van der Waals surface area (Å²) < 4.78 is 18.6. The third-order valence-corrected chi connectivity index (χ3v) is 5.05. The van der Waals surface area contributed by atoms with E-state index in [9.17, 15) is 4.39 Å². The van der Waals surface area contributed by atoms with Crippen molar-refractivity contribution in [3.63, 3.8) is 0 Å². The van der Waals surface area contributed by atoms with E-state index in [0.29, 0.717) is 5.92 Å². The van der Waals surface area contributed by atoms with Crippen LogP contribution < -0.4 is 10.5 Å². The van der Waals surface area contributed by atoms with Gasteiger partial charge in [0.05, 0.1) is 7.11 Å². The Hall–Kier alpha value is -1.09. The second-order valence-corrected chi connectivity index (χ2v) is 6.34. The van der Waals surface area contributed by atoms with E-state index in [1.807, 2.05) is 6.07 Å². The summed E-state index contributed by atoms with van der Waals surface area (Å²) in [7, 11) is 1.46. The van der Waals surface area contributed by atoms with Crippen LogP contribution in [0.3, 0.4) is 0 Å². The van der Waals surface area contributed by atoms with Crippen LogP contribution in [0.4, 0.5) is 4.39 Å². The Balaban J connectivity index is 2.26. The maximum Gasteiger partial charge on any atom is 0.165 e. The third kappa shape index (κ3) is 1.72. The van der Waals surface area contributed by atoms with Gasteiger partial charge in [-0.05, 0) is 34.4 Å². The van der Waals surface area contributed by atoms with E-state index in [2.05, 4.69) is 27.7 Å². The normalized spacial score (nSPS) is 22.6. The highest BCUT2D eigenvalue weighted by molar-refractivity contribution is 5.33. The molecule has 18 heavy (non-hydrogen) atoms. The molecule has 2 rings (SSSR count). The van der Waals surface area contributed by atoms with Crippen molar-refractivity contribution in [2.45, 2.75) is 33.7 Å². The molecule has 1 atom stereocenters. The van der Waals surface area contributed by atoms with E-state index < -0.39 is 0 Å². The predicted octanol–water partition coefficient (Wildman–Crippen LogP) is 3.52. The molecule has 2 N–H and O–H groups in total. The zero-order valence-electron chi connectivity index (χ0n) is 11.8. The highest BCUT2D eigenvalue weighted by Gasteiger charge is 2.66. The number of benzene rings is 1. The minimum atomic E-state index is -0.346. The largest absolute Gasteiger partial charge is 0.494 e. The molecule has 0 aromatic heterocycles. The highest BCUT2D eigenvalue weighted by atomic mass is 19.1. The summed E-state index contributed by atoms with van der Waals surface area (Å²) in [4.78, 5) is 0. The van der Waals surface area contributed by atoms with Gasteiger partial charge < -0.3 is 10.5 Å². The van der Waals surface area contributed by atoms with Crippen molar-refractivity contribution in [3.05, 3.63) is 29.6 Å². The molecule has 100 valence electrons. The Bertz CT molecular complexity index is 454. The van der Waals surface area contributed by atoms with E-state index in [-0.39, 0.29) is 28.4 Å². The number of rotatable bonds is 3. The van der Waals surface area contributed by atoms with Crippen molar-refractivity contribution in [1.82, 2.24) is 0 Å². The van der Waals surface area contributed by atoms with Crippen LogP contribution in [0.25, 0.3) is 0 Å². The quantitative estimate of drug-likeness (QED) is 0.892. The van der Waals surface area contributed by atoms with Gasteiger partial charge in [0.15, 0.2) is 11.6 Å². The fourth-order valence-corrected chi connectivity index (χ4v) is 3.23. The molecule has 0 bridgehead atoms. The summed E-state index contributed by atoms with van der Waals surface area (Å²) in [6.45, 7) is 8.88. The molecule has 0 amide bonds. The number of ether oxygens (including phenoxy) is 1. The molecule has 0 heterocycles. The maximum absolute atomic E-state index is 13.7. The van der Waals surface area contributed by atoms with Crippen LogP contribution in [0.15, 0.2) is 18.2 Å². The monoisotopic (exact) mass is 251 g/mol. The fraction of sp³-hybridized carbons (Fsp3) is 0.600. The van der Waals surface area contributed by atoms with E-state index in [1.165, 1.54) is 13.2 Å². The summed E-state index contributed by atoms with van der Waals surface area (Å²) in [6, 6.07) is 4.87. The molecule has 1 unspecified atom stereocenters. The Morgan fingerprint density at radius 1 is 1.22 bits per heavy atom. The summed E-state index contributed by atoms with van der Waals surface area (Å²) in [5.74, 6) is 0.291. The second kappa shape index (κ2) is 3.95. The van der Waals surface area contributed by atoms with Gasteiger partial charge in [-0.1, -0.05) is 33.8 Å². The number of hydrogen-bond donors (Lipinski definition) is 1. The summed E-state index contributed by atoms with van der Waals surface area (Å²) in [5.41, 5.74) is 7.54. The Kier molecular flexibility index (Phi) is 2.93. The van der Waals surface area contributed by atoms with Crippen LogP contribution >= 0.6 is 0 Å². The Labute approximate surface area is 108 Å². The minimum Gasteiger partial charge on any atom is -0.494 e. The van der Waals surface area contributed by atoms with Gasteiger partial charge >= 0.3 is 0 Å². The lowest BCUT2D eigenvalue weighted by Gasteiger charge is -2.15. The lowest BCUT2D eigenvalue weighted by molar-refractivity contribution is 0.385. The standard InChI is InChI=1S/C15H22FNO/c1-14(2)13(15(14,3)4)12(17)9-6-7-11(18-5)10(16)8-9/h6-8,12-13H,17H2,1-5H3. The van der Waals surface area contributed by atoms with Gasteiger partial charge in [0.1, 0.15) is 0 Å². The van der Waals surface area contributed by atoms with Crippen LogP contribution in [-0.2, 0) is 0 Å². The molecule has 0 aliphatic heterocycles. The molecule has 1 aromatic carbocycles. The van der Waals surface area contributed by atoms with Crippen LogP contribution in [0.5, 0.6) is 5.75 Å². The molecule has 1 aliphatic carbocycles. The lowest BCUT2D eigenvalue weighted by Crippen LogP contribution is -2.16. The zero-order valence-corrected chi connectivity index (χ0v) is 11.8. The first-order valence-electron chi connectivity index (χ1n) is 6.32. The van der Waals surface area contributed by atoms with Crippen molar-refractivity contribution < 1.29 is 9.13 Å². The van der Waals surface area contributed by atoms with Crippen LogP contribution in [0.1, 0.15) is 39.3 Å². The number of methoxy groups -OCH3 is 1. The molecule has 1 fully saturated rings. The molecule has 1 aromatic rings. The maximum atomic E-state index is 13.7. The van der Waals surface area contributed by atoms with Crippen molar-refractivity contribution in [1.29, 1.82) is 0 Å². The topological polar surface area (TPSA) is 35.2 Å². The lowest BCUT2D eigenvalue weighted by atomic mass is 9.97. The van der Waals surface area contributed by atoms with Crippen molar-refractivity contribution >= 4 is 0 Å². The van der Waals surface area contributed by atoms with E-state index in [4.69, 9.17) is 10.5 Å². The van der Waals surface area contributed by atoms with Gasteiger partial charge in [0.25, 0.3) is 0 Å². The van der Waals surface area contributed by atoms with Gasteiger partial charge in [0.2, 0.25) is 0 Å². The van der Waals surface area contributed by atoms with Crippen LogP contribution in [-0.4, -0.2) is 7.11 Å². The number of hydrogen-bond acceptors (Lipinski definition) is 2.